The quantitative estimate of drug-likeness (QED) is 0.443. The SMILES string of the molecule is [La+3].[OH-].[O]=[Mn](=[O])([O-])[O-]. The predicted molar refractivity (Wildman–Crippen MR) is 3.31 cm³/mol. The van der Waals surface area contributed by atoms with Crippen molar-refractivity contribution in [2.75, 3.05) is 0 Å². The summed E-state index contributed by atoms with van der Waals surface area (Å²) in [6.07, 6.45) is 0. The van der Waals surface area contributed by atoms with Crippen LogP contribution in [0.2, 0.25) is 0 Å². The summed E-state index contributed by atoms with van der Waals surface area (Å²) in [5.74, 6) is 0. The molecule has 7 heavy (non-hydrogen) atoms. The van der Waals surface area contributed by atoms with Crippen LogP contribution in [0.5, 0.6) is 0 Å². The van der Waals surface area contributed by atoms with Crippen LogP contribution in [0.4, 0.5) is 0 Å². The van der Waals surface area contributed by atoms with Crippen molar-refractivity contribution in [3.8, 4) is 0 Å². The Balaban J connectivity index is -0.0000000800. The van der Waals surface area contributed by atoms with Crippen LogP contribution < -0.4 is 8.38 Å². The van der Waals surface area contributed by atoms with Gasteiger partial charge in [0.05, 0.1) is 0 Å². The zero-order chi connectivity index (χ0) is 4.50. The third-order valence-electron chi connectivity index (χ3n) is 0. The summed E-state index contributed by atoms with van der Waals surface area (Å²) < 4.78 is 34.3. The normalized spacial score (nSPS) is 8.29. The molecule has 0 atom stereocenters. The molecule has 0 amide bonds. The molecule has 0 unspecified atom stereocenters. The molecular formula is HLaMnO5. The van der Waals surface area contributed by atoms with Crippen molar-refractivity contribution in [1.82, 2.24) is 0 Å². The Morgan fingerprint density at radius 2 is 1.14 bits per heavy atom. The summed E-state index contributed by atoms with van der Waals surface area (Å²) in [6.45, 7) is 0. The first-order chi connectivity index (χ1) is 2.00. The Kier molecular flexibility index (Phi) is 12.0. The van der Waals surface area contributed by atoms with Crippen molar-refractivity contribution < 1.29 is 70.5 Å². The number of hydrogen-bond donors (Lipinski definition) is 0. The van der Waals surface area contributed by atoms with Gasteiger partial charge in [0.1, 0.15) is 0 Å². The zero-order valence-corrected chi connectivity index (χ0v) is 7.84. The fourth-order valence-corrected chi connectivity index (χ4v) is 0. The summed E-state index contributed by atoms with van der Waals surface area (Å²) in [5, 5.41) is 0. The van der Waals surface area contributed by atoms with E-state index >= 15 is 0 Å². The fourth-order valence-electron chi connectivity index (χ4n) is 0. The van der Waals surface area contributed by atoms with Crippen molar-refractivity contribution in [3.05, 3.63) is 0 Å². The van der Waals surface area contributed by atoms with E-state index in [0.717, 1.165) is 0 Å². The topological polar surface area (TPSA) is 110 Å². The second-order valence-electron chi connectivity index (χ2n) is 0.378. The van der Waals surface area contributed by atoms with E-state index < -0.39 is 13.4 Å². The molecule has 0 aliphatic heterocycles. The molecule has 0 fully saturated rings. The van der Waals surface area contributed by atoms with Gasteiger partial charge in [-0.15, -0.1) is 0 Å². The molecule has 0 aliphatic rings. The minimum absolute atomic E-state index is 0. The summed E-state index contributed by atoms with van der Waals surface area (Å²) >= 11 is -5.62. The van der Waals surface area contributed by atoms with E-state index in [-0.39, 0.29) is 41.1 Å². The van der Waals surface area contributed by atoms with Crippen LogP contribution >= 0.6 is 0 Å². The van der Waals surface area contributed by atoms with Gasteiger partial charge >= 0.3 is 65.0 Å². The van der Waals surface area contributed by atoms with E-state index in [1.807, 2.05) is 0 Å². The van der Waals surface area contributed by atoms with Gasteiger partial charge in [-0.25, -0.2) is 0 Å². The van der Waals surface area contributed by atoms with Crippen molar-refractivity contribution >= 4 is 0 Å². The Bertz CT molecular complexity index is 91.2. The molecule has 1 N–H and O–H groups in total. The van der Waals surface area contributed by atoms with Gasteiger partial charge in [-0.05, 0) is 0 Å². The van der Waals surface area contributed by atoms with Gasteiger partial charge < -0.3 is 5.48 Å². The van der Waals surface area contributed by atoms with E-state index in [1.54, 1.807) is 0 Å². The first-order valence-electron chi connectivity index (χ1n) is 0.617. The van der Waals surface area contributed by atoms with Gasteiger partial charge in [-0.1, -0.05) is 0 Å². The van der Waals surface area contributed by atoms with Crippen LogP contribution in [-0.4, -0.2) is 5.48 Å². The molecule has 41 valence electrons. The van der Waals surface area contributed by atoms with Crippen molar-refractivity contribution in [2.45, 2.75) is 0 Å². The Hall–Kier alpha value is 1.19. The molecule has 0 saturated carbocycles. The van der Waals surface area contributed by atoms with Crippen molar-refractivity contribution in [2.24, 2.45) is 0 Å². The molecule has 0 radical (unpaired) electrons. The number of rotatable bonds is 0. The van der Waals surface area contributed by atoms with Gasteiger partial charge in [-0.2, -0.15) is 0 Å². The van der Waals surface area contributed by atoms with Crippen LogP contribution in [0.15, 0.2) is 0 Å². The van der Waals surface area contributed by atoms with Gasteiger partial charge in [0.25, 0.3) is 0 Å². The first kappa shape index (κ1) is 15.7. The maximum atomic E-state index is 8.58. The van der Waals surface area contributed by atoms with Crippen LogP contribution in [-0.2, 0) is 21.0 Å². The summed E-state index contributed by atoms with van der Waals surface area (Å²) in [4.78, 5) is 0. The summed E-state index contributed by atoms with van der Waals surface area (Å²) in [7, 11) is 0. The molecule has 0 aromatic heterocycles. The first-order valence-corrected chi connectivity index (χ1v) is 2.54. The van der Waals surface area contributed by atoms with E-state index in [4.69, 9.17) is 16.0 Å². The number of hydrogen-bond acceptors (Lipinski definition) is 5. The third-order valence-corrected chi connectivity index (χ3v) is 0. The Labute approximate surface area is 69.9 Å². The summed E-state index contributed by atoms with van der Waals surface area (Å²) in [5.41, 5.74) is 0. The van der Waals surface area contributed by atoms with E-state index in [9.17, 15) is 0 Å². The second kappa shape index (κ2) is 5.33. The molecule has 5 nitrogen and oxygen atoms in total. The Morgan fingerprint density at radius 1 is 1.14 bits per heavy atom. The summed E-state index contributed by atoms with van der Waals surface area (Å²) in [6, 6.07) is 0. The molecule has 0 heterocycles. The van der Waals surface area contributed by atoms with Crippen molar-refractivity contribution in [1.29, 1.82) is 0 Å². The van der Waals surface area contributed by atoms with Crippen LogP contribution in [0.25, 0.3) is 0 Å². The molecule has 0 aliphatic carbocycles. The molecule has 0 bridgehead atoms. The van der Waals surface area contributed by atoms with Crippen LogP contribution in [0, 0.1) is 35.6 Å². The molecular weight excluding hydrogens is 274 g/mol. The van der Waals surface area contributed by atoms with Gasteiger partial charge in [0.15, 0.2) is 0 Å². The molecule has 0 aromatic rings. The van der Waals surface area contributed by atoms with Gasteiger partial charge in [0.2, 0.25) is 0 Å². The fraction of sp³-hybridized carbons (Fsp3) is 0. The molecule has 0 aromatic carbocycles. The standard InChI is InChI=1S/La.Mn.H2O.4O/h;;1H2;;;;/q+3;;;;;2*-1/p-1. The van der Waals surface area contributed by atoms with Crippen LogP contribution in [0.3, 0.4) is 0 Å². The van der Waals surface area contributed by atoms with E-state index in [1.165, 1.54) is 0 Å². The zero-order valence-electron chi connectivity index (χ0n) is 3.04. The van der Waals surface area contributed by atoms with E-state index in [0.29, 0.717) is 0 Å². The average Bonchev–Trinajstić information content (AvgIpc) is 0.722. The molecule has 0 rings (SSSR count). The average molecular weight is 275 g/mol. The van der Waals surface area contributed by atoms with Crippen molar-refractivity contribution in [3.63, 3.8) is 0 Å². The monoisotopic (exact) mass is 275 g/mol. The Morgan fingerprint density at radius 3 is 1.14 bits per heavy atom. The second-order valence-corrected chi connectivity index (χ2v) is 1.56. The molecule has 0 spiro atoms. The third kappa shape index (κ3) is 136. The van der Waals surface area contributed by atoms with Gasteiger partial charge in [0, 0.05) is 0 Å². The maximum absolute atomic E-state index is 8.58. The van der Waals surface area contributed by atoms with Crippen LogP contribution in [0.1, 0.15) is 0 Å². The van der Waals surface area contributed by atoms with Gasteiger partial charge in [-0.3, -0.25) is 0 Å². The van der Waals surface area contributed by atoms with E-state index in [2.05, 4.69) is 0 Å². The molecule has 7 heteroatoms. The molecule has 0 saturated heterocycles. The minimum atomic E-state index is -5.62. The predicted octanol–water partition coefficient (Wildman–Crippen LogP) is -2.79.